The molecule has 1 amide bonds. The Hall–Kier alpha value is -3.96. The molecule has 0 aromatic carbocycles. The smallest absolute Gasteiger partial charge is 0.352 e. The van der Waals surface area contributed by atoms with Gasteiger partial charge >= 0.3 is 6.18 Å². The second kappa shape index (κ2) is 8.56. The van der Waals surface area contributed by atoms with Crippen molar-refractivity contribution in [3.05, 3.63) is 60.3 Å². The van der Waals surface area contributed by atoms with E-state index in [4.69, 9.17) is 0 Å². The number of piperazine rings is 1. The van der Waals surface area contributed by atoms with Crippen LogP contribution in [0.25, 0.3) is 17.2 Å². The largest absolute Gasteiger partial charge is 0.417 e. The predicted molar refractivity (Wildman–Crippen MR) is 129 cm³/mol. The Morgan fingerprint density at radius 1 is 1.03 bits per heavy atom. The van der Waals surface area contributed by atoms with Gasteiger partial charge in [0.05, 0.1) is 17.8 Å². The van der Waals surface area contributed by atoms with Crippen LogP contribution < -0.4 is 4.90 Å². The van der Waals surface area contributed by atoms with E-state index in [9.17, 15) is 18.0 Å². The van der Waals surface area contributed by atoms with Crippen LogP contribution >= 0.6 is 0 Å². The highest BCUT2D eigenvalue weighted by molar-refractivity contribution is 5.93. The number of nitrogens with zero attached hydrogens (tertiary/aromatic N) is 8. The van der Waals surface area contributed by atoms with Crippen LogP contribution in [-0.2, 0) is 6.18 Å². The highest BCUT2D eigenvalue weighted by Gasteiger charge is 2.36. The zero-order valence-corrected chi connectivity index (χ0v) is 20.3. The first-order valence-corrected chi connectivity index (χ1v) is 12.2. The fourth-order valence-electron chi connectivity index (χ4n) is 5.00. The molecule has 1 aliphatic heterocycles. The Labute approximate surface area is 210 Å². The first-order chi connectivity index (χ1) is 17.7. The van der Waals surface area contributed by atoms with Crippen molar-refractivity contribution < 1.29 is 18.0 Å². The third-order valence-electron chi connectivity index (χ3n) is 6.93. The SMILES string of the molecule is C[C@@H]1CN(c2ccnc(-c3cnc4ccc(C(F)(F)F)cn34)n2)C[C@H](C)N1C(=O)c1ccn(C2CC2)n1. The zero-order chi connectivity index (χ0) is 25.9. The van der Waals surface area contributed by atoms with Gasteiger partial charge in [0, 0.05) is 43.8 Å². The summed E-state index contributed by atoms with van der Waals surface area (Å²) in [7, 11) is 0. The Balaban J connectivity index is 1.24. The number of anilines is 1. The minimum absolute atomic E-state index is 0.0892. The number of carbonyl (C=O) groups excluding carboxylic acids is 1. The maximum Gasteiger partial charge on any atom is 0.417 e. The average Bonchev–Trinajstić information content (AvgIpc) is 3.43. The highest BCUT2D eigenvalue weighted by Crippen LogP contribution is 2.34. The van der Waals surface area contributed by atoms with E-state index >= 15 is 0 Å². The molecule has 4 aromatic rings. The summed E-state index contributed by atoms with van der Waals surface area (Å²) in [6, 6.07) is 6.07. The number of imidazole rings is 1. The molecule has 0 bridgehead atoms. The fraction of sp³-hybridized carbons (Fsp3) is 0.400. The van der Waals surface area contributed by atoms with E-state index in [2.05, 4.69) is 25.0 Å². The van der Waals surface area contributed by atoms with E-state index in [1.165, 1.54) is 16.7 Å². The number of alkyl halides is 3. The van der Waals surface area contributed by atoms with E-state index in [1.54, 1.807) is 18.3 Å². The number of rotatable bonds is 4. The minimum Gasteiger partial charge on any atom is -0.352 e. The highest BCUT2D eigenvalue weighted by atomic mass is 19.4. The second-order valence-electron chi connectivity index (χ2n) is 9.75. The number of halogens is 3. The Morgan fingerprint density at radius 2 is 1.78 bits per heavy atom. The molecule has 2 fully saturated rings. The summed E-state index contributed by atoms with van der Waals surface area (Å²) in [5.41, 5.74) is 0.412. The molecule has 0 radical (unpaired) electrons. The van der Waals surface area contributed by atoms with E-state index in [0.717, 1.165) is 25.1 Å². The predicted octanol–water partition coefficient (Wildman–Crippen LogP) is 4.08. The van der Waals surface area contributed by atoms with E-state index in [-0.39, 0.29) is 23.8 Å². The summed E-state index contributed by atoms with van der Waals surface area (Å²) in [5.74, 6) is 0.818. The van der Waals surface area contributed by atoms with Crippen molar-refractivity contribution >= 4 is 17.4 Å². The number of amides is 1. The van der Waals surface area contributed by atoms with Gasteiger partial charge in [0.15, 0.2) is 5.82 Å². The van der Waals surface area contributed by atoms with Crippen molar-refractivity contribution in [2.24, 2.45) is 0 Å². The van der Waals surface area contributed by atoms with Gasteiger partial charge < -0.3 is 9.80 Å². The average molecular weight is 511 g/mol. The maximum atomic E-state index is 13.3. The van der Waals surface area contributed by atoms with Crippen LogP contribution in [0.5, 0.6) is 0 Å². The number of hydrogen-bond acceptors (Lipinski definition) is 6. The topological polar surface area (TPSA) is 84.5 Å². The summed E-state index contributed by atoms with van der Waals surface area (Å²) in [6.07, 6.45) is 3.65. The molecule has 1 saturated heterocycles. The molecule has 0 unspecified atom stereocenters. The van der Waals surface area contributed by atoms with Gasteiger partial charge in [-0.2, -0.15) is 18.3 Å². The first kappa shape index (κ1) is 23.4. The molecule has 5 heterocycles. The molecule has 0 N–H and O–H groups in total. The molecule has 6 rings (SSSR count). The third kappa shape index (κ3) is 4.30. The first-order valence-electron chi connectivity index (χ1n) is 12.2. The minimum atomic E-state index is -4.47. The summed E-state index contributed by atoms with van der Waals surface area (Å²) in [5, 5.41) is 4.49. The molecular weight excluding hydrogens is 485 g/mol. The van der Waals surface area contributed by atoms with Crippen LogP contribution in [0.1, 0.15) is 48.8 Å². The molecule has 192 valence electrons. The van der Waals surface area contributed by atoms with Crippen molar-refractivity contribution in [3.63, 3.8) is 0 Å². The van der Waals surface area contributed by atoms with Crippen LogP contribution in [0.15, 0.2) is 49.1 Å². The number of fused-ring (bicyclic) bond motifs is 1. The normalized spacial score (nSPS) is 20.6. The van der Waals surface area contributed by atoms with Crippen molar-refractivity contribution in [1.29, 1.82) is 0 Å². The molecule has 4 aromatic heterocycles. The van der Waals surface area contributed by atoms with Gasteiger partial charge in [0.1, 0.15) is 22.9 Å². The molecule has 9 nitrogen and oxygen atoms in total. The van der Waals surface area contributed by atoms with Gasteiger partial charge in [-0.1, -0.05) is 0 Å². The van der Waals surface area contributed by atoms with Gasteiger partial charge in [0.2, 0.25) is 0 Å². The lowest BCUT2D eigenvalue weighted by atomic mass is 10.1. The van der Waals surface area contributed by atoms with Gasteiger partial charge in [-0.15, -0.1) is 0 Å². The molecule has 1 saturated carbocycles. The molecular formula is C25H25F3N8O. The molecule has 0 spiro atoms. The Kier molecular flexibility index (Phi) is 5.42. The lowest BCUT2D eigenvalue weighted by Crippen LogP contribution is -2.59. The van der Waals surface area contributed by atoms with Gasteiger partial charge in [0.25, 0.3) is 5.91 Å². The van der Waals surface area contributed by atoms with Crippen LogP contribution in [0, 0.1) is 0 Å². The summed E-state index contributed by atoms with van der Waals surface area (Å²) >= 11 is 0. The third-order valence-corrected chi connectivity index (χ3v) is 6.93. The standard InChI is InChI=1S/C25H25F3N8O/c1-15-12-33(13-16(2)36(15)24(37)19-8-10-35(32-19)18-4-5-18)22-7-9-29-23(31-22)20-11-30-21-6-3-17(14-34(20)21)25(26,27)28/h3,6-11,14-16,18H,4-5,12-13H2,1-2H3/t15-,16+. The van der Waals surface area contributed by atoms with Gasteiger partial charge in [-0.05, 0) is 51.0 Å². The number of carbonyl (C=O) groups is 1. The van der Waals surface area contributed by atoms with Crippen LogP contribution in [0.3, 0.4) is 0 Å². The van der Waals surface area contributed by atoms with Crippen molar-refractivity contribution in [2.45, 2.75) is 51.0 Å². The van der Waals surface area contributed by atoms with E-state index in [1.807, 2.05) is 29.6 Å². The fourth-order valence-corrected chi connectivity index (χ4v) is 5.00. The number of hydrogen-bond donors (Lipinski definition) is 0. The zero-order valence-electron chi connectivity index (χ0n) is 20.3. The summed E-state index contributed by atoms with van der Waals surface area (Å²) in [6.45, 7) is 5.07. The van der Waals surface area contributed by atoms with Crippen LogP contribution in [-0.4, -0.2) is 65.1 Å². The lowest BCUT2D eigenvalue weighted by molar-refractivity contribution is -0.137. The van der Waals surface area contributed by atoms with Gasteiger partial charge in [-0.25, -0.2) is 15.0 Å². The maximum absolute atomic E-state index is 13.3. The van der Waals surface area contributed by atoms with E-state index in [0.29, 0.717) is 42.0 Å². The molecule has 1 aliphatic carbocycles. The molecule has 37 heavy (non-hydrogen) atoms. The second-order valence-corrected chi connectivity index (χ2v) is 9.75. The molecule has 12 heteroatoms. The number of aromatic nitrogens is 6. The van der Waals surface area contributed by atoms with Crippen LogP contribution in [0.2, 0.25) is 0 Å². The van der Waals surface area contributed by atoms with Crippen molar-refractivity contribution in [1.82, 2.24) is 34.0 Å². The number of pyridine rings is 1. The lowest BCUT2D eigenvalue weighted by Gasteiger charge is -2.44. The molecule has 2 aliphatic rings. The van der Waals surface area contributed by atoms with Crippen molar-refractivity contribution in [3.8, 4) is 11.5 Å². The molecule has 2 atom stereocenters. The van der Waals surface area contributed by atoms with Crippen LogP contribution in [0.4, 0.5) is 19.0 Å². The van der Waals surface area contributed by atoms with Gasteiger partial charge in [-0.3, -0.25) is 13.9 Å². The Bertz CT molecular complexity index is 1460. The van der Waals surface area contributed by atoms with E-state index < -0.39 is 11.7 Å². The quantitative estimate of drug-likeness (QED) is 0.411. The Morgan fingerprint density at radius 3 is 2.49 bits per heavy atom. The summed E-state index contributed by atoms with van der Waals surface area (Å²) in [4.78, 5) is 30.4. The monoisotopic (exact) mass is 510 g/mol. The summed E-state index contributed by atoms with van der Waals surface area (Å²) < 4.78 is 43.0. The van der Waals surface area contributed by atoms with Crippen molar-refractivity contribution in [2.75, 3.05) is 18.0 Å².